The molecule has 0 aliphatic carbocycles. The molecule has 0 aromatic carbocycles. The highest BCUT2D eigenvalue weighted by Crippen LogP contribution is 2.24. The van der Waals surface area contributed by atoms with Gasteiger partial charge in [-0.05, 0) is 45.6 Å². The fourth-order valence-corrected chi connectivity index (χ4v) is 3.52. The number of thiophene rings is 1. The molecule has 5 nitrogen and oxygen atoms in total. The van der Waals surface area contributed by atoms with E-state index in [0.29, 0.717) is 10.9 Å². The lowest BCUT2D eigenvalue weighted by molar-refractivity contribution is 0.0957. The van der Waals surface area contributed by atoms with Gasteiger partial charge < -0.3 is 4.90 Å². The zero-order chi connectivity index (χ0) is 13.8. The van der Waals surface area contributed by atoms with Gasteiger partial charge in [0.05, 0.1) is 4.88 Å². The number of hydrogen-bond donors (Lipinski definition) is 2. The minimum atomic E-state index is -0.206. The Morgan fingerprint density at radius 3 is 3.05 bits per heavy atom. The van der Waals surface area contributed by atoms with E-state index in [2.05, 4.69) is 29.3 Å². The number of carbonyl (C=O) groups excluding carboxylic acids is 1. The molecule has 2 rings (SSSR count). The first-order chi connectivity index (χ1) is 9.10. The number of nitrogens with two attached hydrogens (primary N) is 1. The summed E-state index contributed by atoms with van der Waals surface area (Å²) in [6.07, 6.45) is 2.53. The Kier molecular flexibility index (Phi) is 4.93. The molecule has 1 unspecified atom stereocenters. The van der Waals surface area contributed by atoms with Crippen LogP contribution in [0.25, 0.3) is 0 Å². The van der Waals surface area contributed by atoms with Crippen LogP contribution in [0, 0.1) is 0 Å². The summed E-state index contributed by atoms with van der Waals surface area (Å²) in [5.74, 6) is 4.94. The zero-order valence-electron chi connectivity index (χ0n) is 11.6. The number of hydrogen-bond acceptors (Lipinski definition) is 5. The fraction of sp³-hybridized carbons (Fsp3) is 0.615. The van der Waals surface area contributed by atoms with Crippen molar-refractivity contribution in [1.29, 1.82) is 0 Å². The van der Waals surface area contributed by atoms with Crippen LogP contribution in [-0.2, 0) is 6.54 Å². The normalized spacial score (nSPS) is 20.1. The van der Waals surface area contributed by atoms with Crippen LogP contribution in [-0.4, -0.2) is 48.9 Å². The van der Waals surface area contributed by atoms with E-state index in [-0.39, 0.29) is 5.91 Å². The summed E-state index contributed by atoms with van der Waals surface area (Å²) in [6, 6.07) is 4.50. The predicted octanol–water partition coefficient (Wildman–Crippen LogP) is 0.878. The maximum absolute atomic E-state index is 11.4. The SMILES string of the molecule is CN(C)CC1CCCN1Cc1ccc(C(=O)NN)s1. The van der Waals surface area contributed by atoms with Crippen LogP contribution in [0.3, 0.4) is 0 Å². The van der Waals surface area contributed by atoms with Crippen molar-refractivity contribution in [2.24, 2.45) is 5.84 Å². The lowest BCUT2D eigenvalue weighted by atomic mass is 10.2. The topological polar surface area (TPSA) is 61.6 Å². The monoisotopic (exact) mass is 282 g/mol. The summed E-state index contributed by atoms with van der Waals surface area (Å²) in [5, 5.41) is 0. The van der Waals surface area contributed by atoms with Crippen LogP contribution in [0.15, 0.2) is 12.1 Å². The molecule has 1 aromatic heterocycles. The number of hydrazine groups is 1. The van der Waals surface area contributed by atoms with Crippen LogP contribution in [0.2, 0.25) is 0 Å². The summed E-state index contributed by atoms with van der Waals surface area (Å²) in [7, 11) is 4.23. The van der Waals surface area contributed by atoms with Crippen molar-refractivity contribution in [3.8, 4) is 0 Å². The summed E-state index contributed by atoms with van der Waals surface area (Å²) in [6.45, 7) is 3.18. The van der Waals surface area contributed by atoms with Gasteiger partial charge in [-0.2, -0.15) is 0 Å². The maximum Gasteiger partial charge on any atom is 0.275 e. The Morgan fingerprint density at radius 2 is 2.37 bits per heavy atom. The number of nitrogens with one attached hydrogen (secondary N) is 1. The van der Waals surface area contributed by atoms with Gasteiger partial charge >= 0.3 is 0 Å². The third-order valence-electron chi connectivity index (χ3n) is 3.45. The number of amides is 1. The molecule has 3 N–H and O–H groups in total. The number of likely N-dealkylation sites (tertiary alicyclic amines) is 1. The first kappa shape index (κ1) is 14.5. The number of carbonyl (C=O) groups is 1. The van der Waals surface area contributed by atoms with Crippen molar-refractivity contribution in [2.45, 2.75) is 25.4 Å². The van der Waals surface area contributed by atoms with Crippen molar-refractivity contribution in [1.82, 2.24) is 15.2 Å². The van der Waals surface area contributed by atoms with Gasteiger partial charge in [-0.3, -0.25) is 15.1 Å². The minimum Gasteiger partial charge on any atom is -0.308 e. The standard InChI is InChI=1S/C13H22N4OS/c1-16(2)8-10-4-3-7-17(10)9-11-5-6-12(19-11)13(18)15-14/h5-6,10H,3-4,7-9,14H2,1-2H3,(H,15,18). The van der Waals surface area contributed by atoms with Crippen LogP contribution in [0.5, 0.6) is 0 Å². The molecule has 0 saturated carbocycles. The van der Waals surface area contributed by atoms with Gasteiger partial charge in [0, 0.05) is 24.0 Å². The van der Waals surface area contributed by atoms with Crippen LogP contribution in [0.1, 0.15) is 27.4 Å². The Bertz CT molecular complexity index is 432. The van der Waals surface area contributed by atoms with Gasteiger partial charge in [-0.1, -0.05) is 0 Å². The zero-order valence-corrected chi connectivity index (χ0v) is 12.4. The van der Waals surface area contributed by atoms with Gasteiger partial charge in [-0.15, -0.1) is 11.3 Å². The molecule has 106 valence electrons. The molecule has 19 heavy (non-hydrogen) atoms. The minimum absolute atomic E-state index is 0.206. The van der Waals surface area contributed by atoms with Crippen molar-refractivity contribution >= 4 is 17.2 Å². The lowest BCUT2D eigenvalue weighted by Gasteiger charge is -2.26. The maximum atomic E-state index is 11.4. The highest BCUT2D eigenvalue weighted by atomic mass is 32.1. The largest absolute Gasteiger partial charge is 0.308 e. The second-order valence-corrected chi connectivity index (χ2v) is 6.44. The van der Waals surface area contributed by atoms with Crippen LogP contribution >= 0.6 is 11.3 Å². The Balaban J connectivity index is 1.96. The van der Waals surface area contributed by atoms with Crippen LogP contribution < -0.4 is 11.3 Å². The van der Waals surface area contributed by atoms with E-state index in [9.17, 15) is 4.79 Å². The van der Waals surface area contributed by atoms with Crippen molar-refractivity contribution in [3.05, 3.63) is 21.9 Å². The molecule has 1 fully saturated rings. The predicted molar refractivity (Wildman–Crippen MR) is 78.0 cm³/mol. The van der Waals surface area contributed by atoms with Gasteiger partial charge in [-0.25, -0.2) is 5.84 Å². The Hall–Kier alpha value is -0.950. The van der Waals surface area contributed by atoms with E-state index in [1.54, 1.807) is 0 Å². The van der Waals surface area contributed by atoms with Crippen molar-refractivity contribution in [3.63, 3.8) is 0 Å². The average molecular weight is 282 g/mol. The molecule has 0 spiro atoms. The summed E-state index contributed by atoms with van der Waals surface area (Å²) in [4.78, 5) is 18.1. The van der Waals surface area contributed by atoms with E-state index in [1.165, 1.54) is 29.1 Å². The second-order valence-electron chi connectivity index (χ2n) is 5.27. The molecule has 1 amide bonds. The summed E-state index contributed by atoms with van der Waals surface area (Å²) in [5.41, 5.74) is 2.17. The van der Waals surface area contributed by atoms with Gasteiger partial charge in [0.25, 0.3) is 5.91 Å². The van der Waals surface area contributed by atoms with E-state index < -0.39 is 0 Å². The van der Waals surface area contributed by atoms with Crippen molar-refractivity contribution in [2.75, 3.05) is 27.2 Å². The molecule has 0 bridgehead atoms. The van der Waals surface area contributed by atoms with E-state index in [4.69, 9.17) is 5.84 Å². The number of rotatable bonds is 5. The average Bonchev–Trinajstić information content (AvgIpc) is 2.99. The number of nitrogen functional groups attached to an aromatic ring is 1. The lowest BCUT2D eigenvalue weighted by Crippen LogP contribution is -2.36. The fourth-order valence-electron chi connectivity index (χ4n) is 2.59. The third kappa shape index (κ3) is 3.76. The van der Waals surface area contributed by atoms with E-state index in [0.717, 1.165) is 19.6 Å². The van der Waals surface area contributed by atoms with Crippen LogP contribution in [0.4, 0.5) is 0 Å². The molecule has 6 heteroatoms. The van der Waals surface area contributed by atoms with E-state index >= 15 is 0 Å². The number of nitrogens with zero attached hydrogens (tertiary/aromatic N) is 2. The Morgan fingerprint density at radius 1 is 1.58 bits per heavy atom. The molecule has 1 aromatic rings. The van der Waals surface area contributed by atoms with E-state index in [1.807, 2.05) is 12.1 Å². The molecule has 1 atom stereocenters. The van der Waals surface area contributed by atoms with Gasteiger partial charge in [0.2, 0.25) is 0 Å². The van der Waals surface area contributed by atoms with Crippen molar-refractivity contribution < 1.29 is 4.79 Å². The summed E-state index contributed by atoms with van der Waals surface area (Å²) >= 11 is 1.53. The molecule has 2 heterocycles. The summed E-state index contributed by atoms with van der Waals surface area (Å²) < 4.78 is 0. The number of likely N-dealkylation sites (N-methyl/N-ethyl adjacent to an activating group) is 1. The molecule has 1 saturated heterocycles. The van der Waals surface area contributed by atoms with Gasteiger partial charge in [0.15, 0.2) is 0 Å². The molecule has 1 aliphatic rings. The highest BCUT2D eigenvalue weighted by Gasteiger charge is 2.25. The molecular weight excluding hydrogens is 260 g/mol. The molecule has 1 aliphatic heterocycles. The Labute approximate surface area is 118 Å². The first-order valence-electron chi connectivity index (χ1n) is 6.58. The first-order valence-corrected chi connectivity index (χ1v) is 7.40. The smallest absolute Gasteiger partial charge is 0.275 e. The molecule has 0 radical (unpaired) electrons. The third-order valence-corrected chi connectivity index (χ3v) is 4.52. The highest BCUT2D eigenvalue weighted by molar-refractivity contribution is 7.14. The quantitative estimate of drug-likeness (QED) is 0.478. The van der Waals surface area contributed by atoms with Gasteiger partial charge in [0.1, 0.15) is 0 Å². The second kappa shape index (κ2) is 6.47. The molecular formula is C13H22N4OS.